The van der Waals surface area contributed by atoms with Crippen LogP contribution in [0.2, 0.25) is 0 Å². The van der Waals surface area contributed by atoms with Crippen molar-refractivity contribution in [1.29, 1.82) is 0 Å². The third-order valence-electron chi connectivity index (χ3n) is 4.45. The van der Waals surface area contributed by atoms with Crippen molar-refractivity contribution in [3.05, 3.63) is 35.4 Å². The lowest BCUT2D eigenvalue weighted by Gasteiger charge is -2.36. The molecule has 0 atom stereocenters. The number of nitrogens with one attached hydrogen (secondary N) is 1. The molecule has 1 aliphatic carbocycles. The summed E-state index contributed by atoms with van der Waals surface area (Å²) in [5.41, 5.74) is 2.70. The Hall–Kier alpha value is -0.860. The van der Waals surface area contributed by atoms with Crippen molar-refractivity contribution < 1.29 is 5.11 Å². The summed E-state index contributed by atoms with van der Waals surface area (Å²) >= 11 is 0. The normalized spacial score (nSPS) is 18.4. The van der Waals surface area contributed by atoms with Crippen LogP contribution in [0.1, 0.15) is 57.1 Å². The summed E-state index contributed by atoms with van der Waals surface area (Å²) in [6.45, 7) is 5.63. The topological polar surface area (TPSA) is 32.3 Å². The molecular weight excluding hydrogens is 246 g/mol. The van der Waals surface area contributed by atoms with Gasteiger partial charge < -0.3 is 10.4 Å². The van der Waals surface area contributed by atoms with Crippen LogP contribution in [0.25, 0.3) is 0 Å². The molecule has 0 heterocycles. The molecule has 1 saturated carbocycles. The Balaban J connectivity index is 1.89. The van der Waals surface area contributed by atoms with Crippen LogP contribution in [0.5, 0.6) is 0 Å². The fraction of sp³-hybridized carbons (Fsp3) is 0.667. The molecule has 112 valence electrons. The zero-order chi connectivity index (χ0) is 14.4. The molecule has 2 heteroatoms. The highest BCUT2D eigenvalue weighted by Gasteiger charge is 2.30. The molecule has 2 rings (SSSR count). The largest absolute Gasteiger partial charge is 0.394 e. The molecule has 0 spiro atoms. The molecule has 1 fully saturated rings. The highest BCUT2D eigenvalue weighted by Crippen LogP contribution is 2.28. The summed E-state index contributed by atoms with van der Waals surface area (Å²) in [5, 5.41) is 13.3. The van der Waals surface area contributed by atoms with E-state index in [2.05, 4.69) is 43.4 Å². The van der Waals surface area contributed by atoms with Crippen LogP contribution in [0, 0.1) is 5.92 Å². The summed E-state index contributed by atoms with van der Waals surface area (Å²) in [6.07, 6.45) is 7.15. The summed E-state index contributed by atoms with van der Waals surface area (Å²) in [5.74, 6) is 0.707. The molecule has 1 aromatic carbocycles. The number of aliphatic hydroxyl groups is 1. The van der Waals surface area contributed by atoms with Gasteiger partial charge in [0.05, 0.1) is 6.61 Å². The molecule has 20 heavy (non-hydrogen) atoms. The van der Waals surface area contributed by atoms with Gasteiger partial charge in [-0.1, -0.05) is 57.4 Å². The Morgan fingerprint density at radius 1 is 1.05 bits per heavy atom. The van der Waals surface area contributed by atoms with E-state index in [0.29, 0.717) is 5.92 Å². The van der Waals surface area contributed by atoms with Gasteiger partial charge in [0.25, 0.3) is 0 Å². The first-order chi connectivity index (χ1) is 9.63. The van der Waals surface area contributed by atoms with Crippen molar-refractivity contribution in [3.8, 4) is 0 Å². The van der Waals surface area contributed by atoms with Crippen molar-refractivity contribution in [1.82, 2.24) is 5.32 Å². The van der Waals surface area contributed by atoms with E-state index in [9.17, 15) is 5.11 Å². The van der Waals surface area contributed by atoms with E-state index in [4.69, 9.17) is 0 Å². The molecule has 2 nitrogen and oxygen atoms in total. The van der Waals surface area contributed by atoms with Gasteiger partial charge in [0, 0.05) is 12.1 Å². The SMILES string of the molecule is CC(C)Cc1ccc(CNC2(CO)CCCCC2)cc1. The number of aliphatic hydroxyl groups excluding tert-OH is 1. The number of rotatable bonds is 6. The van der Waals surface area contributed by atoms with Crippen molar-refractivity contribution in [2.45, 2.75) is 64.5 Å². The zero-order valence-corrected chi connectivity index (χ0v) is 13.0. The molecule has 0 saturated heterocycles. The molecular formula is C18H29NO. The van der Waals surface area contributed by atoms with Crippen molar-refractivity contribution in [2.75, 3.05) is 6.61 Å². The van der Waals surface area contributed by atoms with Gasteiger partial charge in [0.1, 0.15) is 0 Å². The third kappa shape index (κ3) is 4.32. The molecule has 0 amide bonds. The molecule has 0 radical (unpaired) electrons. The van der Waals surface area contributed by atoms with Gasteiger partial charge in [0.2, 0.25) is 0 Å². The van der Waals surface area contributed by atoms with Crippen LogP contribution < -0.4 is 5.32 Å². The van der Waals surface area contributed by atoms with E-state index < -0.39 is 0 Å². The van der Waals surface area contributed by atoms with Crippen molar-refractivity contribution in [3.63, 3.8) is 0 Å². The second kappa shape index (κ2) is 7.24. The van der Waals surface area contributed by atoms with Gasteiger partial charge in [-0.05, 0) is 36.3 Å². The predicted molar refractivity (Wildman–Crippen MR) is 84.7 cm³/mol. The van der Waals surface area contributed by atoms with E-state index in [1.165, 1.54) is 30.4 Å². The van der Waals surface area contributed by atoms with Crippen LogP contribution in [0.15, 0.2) is 24.3 Å². The maximum absolute atomic E-state index is 9.70. The van der Waals surface area contributed by atoms with Gasteiger partial charge in [-0.3, -0.25) is 0 Å². The summed E-state index contributed by atoms with van der Waals surface area (Å²) < 4.78 is 0. The maximum atomic E-state index is 9.70. The van der Waals surface area contributed by atoms with Crippen LogP contribution in [0.3, 0.4) is 0 Å². The number of benzene rings is 1. The van der Waals surface area contributed by atoms with E-state index in [0.717, 1.165) is 25.8 Å². The van der Waals surface area contributed by atoms with Crippen LogP contribution in [-0.4, -0.2) is 17.3 Å². The molecule has 0 bridgehead atoms. The van der Waals surface area contributed by atoms with Crippen molar-refractivity contribution in [2.24, 2.45) is 5.92 Å². The summed E-state index contributed by atoms with van der Waals surface area (Å²) in [4.78, 5) is 0. The van der Waals surface area contributed by atoms with Gasteiger partial charge in [-0.25, -0.2) is 0 Å². The van der Waals surface area contributed by atoms with E-state index >= 15 is 0 Å². The zero-order valence-electron chi connectivity index (χ0n) is 13.0. The quantitative estimate of drug-likeness (QED) is 0.830. The maximum Gasteiger partial charge on any atom is 0.0613 e. The van der Waals surface area contributed by atoms with Gasteiger partial charge in [0.15, 0.2) is 0 Å². The van der Waals surface area contributed by atoms with E-state index in [1.807, 2.05) is 0 Å². The first-order valence-electron chi connectivity index (χ1n) is 8.07. The third-order valence-corrected chi connectivity index (χ3v) is 4.45. The standard InChI is InChI=1S/C18H29NO/c1-15(2)12-16-6-8-17(9-7-16)13-19-18(14-20)10-4-3-5-11-18/h6-9,15,19-20H,3-5,10-14H2,1-2H3. The fourth-order valence-electron chi connectivity index (χ4n) is 3.17. The second-order valence-electron chi connectivity index (χ2n) is 6.77. The van der Waals surface area contributed by atoms with Crippen molar-refractivity contribution >= 4 is 0 Å². The fourth-order valence-corrected chi connectivity index (χ4v) is 3.17. The average Bonchev–Trinajstić information content (AvgIpc) is 2.47. The Morgan fingerprint density at radius 3 is 2.20 bits per heavy atom. The molecule has 2 N–H and O–H groups in total. The molecule has 0 aliphatic heterocycles. The molecule has 1 aromatic rings. The lowest BCUT2D eigenvalue weighted by atomic mass is 9.82. The predicted octanol–water partition coefficient (Wildman–Crippen LogP) is 3.67. The van der Waals surface area contributed by atoms with Crippen LogP contribution in [0.4, 0.5) is 0 Å². The lowest BCUT2D eigenvalue weighted by molar-refractivity contribution is 0.119. The summed E-state index contributed by atoms with van der Waals surface area (Å²) in [6, 6.07) is 8.92. The minimum absolute atomic E-state index is 0.0329. The Labute approximate surface area is 123 Å². The first-order valence-corrected chi connectivity index (χ1v) is 8.07. The minimum atomic E-state index is -0.0329. The first kappa shape index (κ1) is 15.5. The monoisotopic (exact) mass is 275 g/mol. The van der Waals surface area contributed by atoms with E-state index in [1.54, 1.807) is 0 Å². The highest BCUT2D eigenvalue weighted by atomic mass is 16.3. The minimum Gasteiger partial charge on any atom is -0.394 e. The van der Waals surface area contributed by atoms with Gasteiger partial charge >= 0.3 is 0 Å². The van der Waals surface area contributed by atoms with Crippen LogP contribution >= 0.6 is 0 Å². The molecule has 0 unspecified atom stereocenters. The van der Waals surface area contributed by atoms with Crippen LogP contribution in [-0.2, 0) is 13.0 Å². The Morgan fingerprint density at radius 2 is 1.65 bits per heavy atom. The lowest BCUT2D eigenvalue weighted by Crippen LogP contribution is -2.49. The number of hydrogen-bond donors (Lipinski definition) is 2. The van der Waals surface area contributed by atoms with E-state index in [-0.39, 0.29) is 12.1 Å². The van der Waals surface area contributed by atoms with Gasteiger partial charge in [-0.15, -0.1) is 0 Å². The molecule has 0 aromatic heterocycles. The molecule has 1 aliphatic rings. The number of hydrogen-bond acceptors (Lipinski definition) is 2. The highest BCUT2D eigenvalue weighted by molar-refractivity contribution is 5.23. The average molecular weight is 275 g/mol. The Bertz CT molecular complexity index is 390. The smallest absolute Gasteiger partial charge is 0.0613 e. The van der Waals surface area contributed by atoms with Gasteiger partial charge in [-0.2, -0.15) is 0 Å². The second-order valence-corrected chi connectivity index (χ2v) is 6.77. The summed E-state index contributed by atoms with van der Waals surface area (Å²) in [7, 11) is 0. The Kier molecular flexibility index (Phi) is 5.62.